The zero-order chi connectivity index (χ0) is 13.5. The number of aromatic nitrogens is 2. The molecule has 0 aliphatic heterocycles. The van der Waals surface area contributed by atoms with Crippen LogP contribution in [0.25, 0.3) is 0 Å². The van der Waals surface area contributed by atoms with Crippen LogP contribution in [0.1, 0.15) is 44.2 Å². The molecule has 0 saturated heterocycles. The van der Waals surface area contributed by atoms with Gasteiger partial charge in [0.25, 0.3) is 0 Å². The fourth-order valence-corrected chi connectivity index (χ4v) is 3.67. The summed E-state index contributed by atoms with van der Waals surface area (Å²) < 4.78 is 0. The van der Waals surface area contributed by atoms with Gasteiger partial charge in [-0.1, -0.05) is 0 Å². The van der Waals surface area contributed by atoms with Gasteiger partial charge in [-0.3, -0.25) is 19.6 Å². The van der Waals surface area contributed by atoms with E-state index >= 15 is 0 Å². The topological polar surface area (TPSA) is 85.9 Å². The van der Waals surface area contributed by atoms with Crippen LogP contribution in [0.4, 0.5) is 0 Å². The molecule has 2 aliphatic carbocycles. The van der Waals surface area contributed by atoms with Crippen LogP contribution in [0.2, 0.25) is 0 Å². The Kier molecular flexibility index (Phi) is 2.66. The van der Waals surface area contributed by atoms with Crippen LogP contribution in [0.5, 0.6) is 0 Å². The summed E-state index contributed by atoms with van der Waals surface area (Å²) in [7, 11) is 0. The third kappa shape index (κ3) is 1.84. The number of hydrogen-bond acceptors (Lipinski definition) is 4. The molecular weight excluding hydrogens is 242 g/mol. The Hall–Kier alpha value is -1.78. The lowest BCUT2D eigenvalue weighted by Gasteiger charge is -2.55. The highest BCUT2D eigenvalue weighted by Gasteiger charge is 2.60. The van der Waals surface area contributed by atoms with Crippen molar-refractivity contribution in [1.29, 1.82) is 0 Å². The third-order valence-electron chi connectivity index (χ3n) is 4.75. The van der Waals surface area contributed by atoms with Crippen molar-refractivity contribution in [3.63, 3.8) is 0 Å². The van der Waals surface area contributed by atoms with Crippen molar-refractivity contribution >= 4 is 11.7 Å². The van der Waals surface area contributed by atoms with Gasteiger partial charge >= 0.3 is 0 Å². The van der Waals surface area contributed by atoms with E-state index in [9.17, 15) is 9.59 Å². The molecule has 1 amide bonds. The van der Waals surface area contributed by atoms with Gasteiger partial charge in [0.05, 0.1) is 11.1 Å². The fourth-order valence-electron chi connectivity index (χ4n) is 3.67. The summed E-state index contributed by atoms with van der Waals surface area (Å²) in [6.07, 6.45) is 9.25. The number of nitrogens with two attached hydrogens (primary N) is 1. The van der Waals surface area contributed by atoms with Crippen LogP contribution in [0, 0.1) is 5.41 Å². The van der Waals surface area contributed by atoms with Gasteiger partial charge in [0.1, 0.15) is 5.78 Å². The SMILES string of the molecule is NC(=O)C1(c2cnccn2)CC2(CCC(=O)CC2)C1. The van der Waals surface area contributed by atoms with Crippen molar-refractivity contribution in [3.8, 4) is 0 Å². The lowest BCUT2D eigenvalue weighted by molar-refractivity contribution is -0.138. The van der Waals surface area contributed by atoms with E-state index in [1.807, 2.05) is 0 Å². The molecule has 19 heavy (non-hydrogen) atoms. The molecular formula is C14H17N3O2. The minimum Gasteiger partial charge on any atom is -0.369 e. The van der Waals surface area contributed by atoms with E-state index < -0.39 is 5.41 Å². The van der Waals surface area contributed by atoms with Crippen molar-refractivity contribution in [2.24, 2.45) is 11.1 Å². The summed E-state index contributed by atoms with van der Waals surface area (Å²) in [6, 6.07) is 0. The van der Waals surface area contributed by atoms with Gasteiger partial charge in [-0.25, -0.2) is 0 Å². The monoisotopic (exact) mass is 259 g/mol. The van der Waals surface area contributed by atoms with Crippen LogP contribution < -0.4 is 5.73 Å². The number of carbonyl (C=O) groups is 2. The number of hydrogen-bond donors (Lipinski definition) is 1. The summed E-state index contributed by atoms with van der Waals surface area (Å²) >= 11 is 0. The predicted octanol–water partition coefficient (Wildman–Crippen LogP) is 1.12. The quantitative estimate of drug-likeness (QED) is 0.862. The zero-order valence-corrected chi connectivity index (χ0v) is 10.8. The number of ketones is 1. The lowest BCUT2D eigenvalue weighted by Crippen LogP contribution is -2.58. The van der Waals surface area contributed by atoms with Crippen LogP contribution in [0.3, 0.4) is 0 Å². The summed E-state index contributed by atoms with van der Waals surface area (Å²) in [5, 5.41) is 0. The molecule has 3 rings (SSSR count). The van der Waals surface area contributed by atoms with Gasteiger partial charge < -0.3 is 5.73 Å². The molecule has 1 heterocycles. The average molecular weight is 259 g/mol. The zero-order valence-electron chi connectivity index (χ0n) is 10.8. The fraction of sp³-hybridized carbons (Fsp3) is 0.571. The Morgan fingerprint density at radius 2 is 1.89 bits per heavy atom. The molecule has 0 atom stereocenters. The van der Waals surface area contributed by atoms with Gasteiger partial charge in [0.2, 0.25) is 5.91 Å². The second-order valence-electron chi connectivity index (χ2n) is 5.93. The molecule has 0 radical (unpaired) electrons. The second kappa shape index (κ2) is 4.11. The van der Waals surface area contributed by atoms with E-state index in [1.54, 1.807) is 18.6 Å². The third-order valence-corrected chi connectivity index (χ3v) is 4.75. The Morgan fingerprint density at radius 1 is 1.21 bits per heavy atom. The maximum absolute atomic E-state index is 11.9. The van der Waals surface area contributed by atoms with E-state index in [2.05, 4.69) is 9.97 Å². The Morgan fingerprint density at radius 3 is 2.42 bits per heavy atom. The van der Waals surface area contributed by atoms with Gasteiger partial charge in [-0.05, 0) is 31.1 Å². The number of carbonyl (C=O) groups excluding carboxylic acids is 2. The Balaban J connectivity index is 1.84. The van der Waals surface area contributed by atoms with Crippen molar-refractivity contribution in [1.82, 2.24) is 9.97 Å². The van der Waals surface area contributed by atoms with Crippen molar-refractivity contribution < 1.29 is 9.59 Å². The molecule has 100 valence electrons. The summed E-state index contributed by atoms with van der Waals surface area (Å²) in [6.45, 7) is 0. The molecule has 1 aromatic heterocycles. The summed E-state index contributed by atoms with van der Waals surface area (Å²) in [4.78, 5) is 31.5. The molecule has 1 aromatic rings. The number of nitrogens with zero attached hydrogens (tertiary/aromatic N) is 2. The molecule has 2 fully saturated rings. The number of Topliss-reactive ketones (excluding diaryl/α,β-unsaturated/α-hetero) is 1. The minimum absolute atomic E-state index is 0.112. The minimum atomic E-state index is -0.672. The van der Waals surface area contributed by atoms with E-state index in [-0.39, 0.29) is 11.3 Å². The number of primary amides is 1. The molecule has 2 N–H and O–H groups in total. The standard InChI is InChI=1S/C14H17N3O2/c15-12(19)14(11-7-16-5-6-17-11)8-13(9-14)3-1-10(18)2-4-13/h5-7H,1-4,8-9H2,(H2,15,19). The first-order chi connectivity index (χ1) is 9.06. The van der Waals surface area contributed by atoms with Crippen LogP contribution >= 0.6 is 0 Å². The summed E-state index contributed by atoms with van der Waals surface area (Å²) in [5.41, 5.74) is 5.72. The maximum Gasteiger partial charge on any atom is 0.229 e. The van der Waals surface area contributed by atoms with Crippen LogP contribution in [-0.2, 0) is 15.0 Å². The first-order valence-corrected chi connectivity index (χ1v) is 6.65. The van der Waals surface area contributed by atoms with E-state index in [0.29, 0.717) is 37.2 Å². The smallest absolute Gasteiger partial charge is 0.229 e. The van der Waals surface area contributed by atoms with Crippen LogP contribution in [-0.4, -0.2) is 21.7 Å². The maximum atomic E-state index is 11.9. The molecule has 0 unspecified atom stereocenters. The highest BCUT2D eigenvalue weighted by Crippen LogP contribution is 2.60. The van der Waals surface area contributed by atoms with Crippen molar-refractivity contribution in [3.05, 3.63) is 24.3 Å². The highest BCUT2D eigenvalue weighted by atomic mass is 16.1. The Bertz CT molecular complexity index is 509. The average Bonchev–Trinajstić information content (AvgIpc) is 2.38. The van der Waals surface area contributed by atoms with E-state index in [0.717, 1.165) is 12.8 Å². The molecule has 1 spiro atoms. The highest BCUT2D eigenvalue weighted by molar-refractivity contribution is 5.88. The normalized spacial score (nSPS) is 23.9. The molecule has 2 saturated carbocycles. The first kappa shape index (κ1) is 12.3. The van der Waals surface area contributed by atoms with Crippen molar-refractivity contribution in [2.45, 2.75) is 43.9 Å². The summed E-state index contributed by atoms with van der Waals surface area (Å²) in [5.74, 6) is 0.0113. The van der Waals surface area contributed by atoms with E-state index in [1.165, 1.54) is 0 Å². The molecule has 5 heteroatoms. The van der Waals surface area contributed by atoms with E-state index in [4.69, 9.17) is 5.73 Å². The molecule has 0 bridgehead atoms. The second-order valence-corrected chi connectivity index (χ2v) is 5.93. The largest absolute Gasteiger partial charge is 0.369 e. The van der Waals surface area contributed by atoms with Gasteiger partial charge in [-0.2, -0.15) is 0 Å². The van der Waals surface area contributed by atoms with Gasteiger partial charge in [0.15, 0.2) is 0 Å². The lowest BCUT2D eigenvalue weighted by atomic mass is 9.47. The van der Waals surface area contributed by atoms with Crippen molar-refractivity contribution in [2.75, 3.05) is 0 Å². The van der Waals surface area contributed by atoms with Gasteiger partial charge in [-0.15, -0.1) is 0 Å². The predicted molar refractivity (Wildman–Crippen MR) is 68.0 cm³/mol. The number of amides is 1. The Labute approximate surface area is 111 Å². The molecule has 0 aromatic carbocycles. The van der Waals surface area contributed by atoms with Gasteiger partial charge in [0, 0.05) is 31.4 Å². The van der Waals surface area contributed by atoms with Crippen LogP contribution in [0.15, 0.2) is 18.6 Å². The molecule has 2 aliphatic rings. The first-order valence-electron chi connectivity index (χ1n) is 6.65. The molecule has 5 nitrogen and oxygen atoms in total. The number of rotatable bonds is 2.